The number of aryl methyl sites for hydroxylation is 1. The highest BCUT2D eigenvalue weighted by Crippen LogP contribution is 2.27. The zero-order chi connectivity index (χ0) is 13.7. The van der Waals surface area contributed by atoms with Crippen LogP contribution in [-0.2, 0) is 13.1 Å². The lowest BCUT2D eigenvalue weighted by Gasteiger charge is -2.10. The molecule has 7 heteroatoms. The van der Waals surface area contributed by atoms with Gasteiger partial charge in [0, 0.05) is 13.1 Å². The van der Waals surface area contributed by atoms with Crippen LogP contribution in [-0.4, -0.2) is 34.4 Å². The van der Waals surface area contributed by atoms with Crippen LogP contribution in [0, 0.1) is 0 Å². The lowest BCUT2D eigenvalue weighted by Crippen LogP contribution is -2.08. The first-order chi connectivity index (χ1) is 9.28. The molecule has 0 atom stereocenters. The van der Waals surface area contributed by atoms with Crippen LogP contribution in [0.4, 0.5) is 5.95 Å². The van der Waals surface area contributed by atoms with Crippen molar-refractivity contribution >= 4 is 5.95 Å². The first-order valence-electron chi connectivity index (χ1n) is 5.99. The molecule has 0 fully saturated rings. The van der Waals surface area contributed by atoms with Gasteiger partial charge in [0.15, 0.2) is 11.5 Å². The van der Waals surface area contributed by atoms with E-state index in [1.54, 1.807) is 18.9 Å². The molecule has 1 N–H and O–H groups in total. The Labute approximate surface area is 111 Å². The normalized spacial score (nSPS) is 10.3. The van der Waals surface area contributed by atoms with Gasteiger partial charge in [0.2, 0.25) is 5.95 Å². The van der Waals surface area contributed by atoms with Crippen molar-refractivity contribution in [2.75, 3.05) is 19.5 Å². The Balaban J connectivity index is 2.07. The van der Waals surface area contributed by atoms with Crippen molar-refractivity contribution in [1.29, 1.82) is 0 Å². The lowest BCUT2D eigenvalue weighted by molar-refractivity contribution is 0.354. The smallest absolute Gasteiger partial charge is 0.243 e. The minimum absolute atomic E-state index is 0.612. The summed E-state index contributed by atoms with van der Waals surface area (Å²) >= 11 is 0. The minimum Gasteiger partial charge on any atom is -0.493 e. The molecule has 2 aromatic rings. The first kappa shape index (κ1) is 13.1. The molecule has 0 bridgehead atoms. The molecule has 19 heavy (non-hydrogen) atoms. The molecule has 0 saturated heterocycles. The van der Waals surface area contributed by atoms with E-state index in [9.17, 15) is 0 Å². The Kier molecular flexibility index (Phi) is 4.17. The summed E-state index contributed by atoms with van der Waals surface area (Å²) in [5.41, 5.74) is 1.06. The van der Waals surface area contributed by atoms with Crippen molar-refractivity contribution in [2.24, 2.45) is 0 Å². The standard InChI is InChI=1S/C12H17N5O2/c1-4-17-12(14-15-16-17)13-8-9-5-6-10(18-2)11(7-9)19-3/h5-7H,4,8H2,1-3H3,(H,13,14,16). The maximum Gasteiger partial charge on any atom is 0.243 e. The summed E-state index contributed by atoms with van der Waals surface area (Å²) in [5.74, 6) is 2.07. The van der Waals surface area contributed by atoms with E-state index in [4.69, 9.17) is 9.47 Å². The topological polar surface area (TPSA) is 74.1 Å². The number of benzene rings is 1. The highest BCUT2D eigenvalue weighted by Gasteiger charge is 2.06. The minimum atomic E-state index is 0.612. The van der Waals surface area contributed by atoms with Gasteiger partial charge >= 0.3 is 0 Å². The van der Waals surface area contributed by atoms with Gasteiger partial charge in [-0.05, 0) is 35.0 Å². The van der Waals surface area contributed by atoms with E-state index in [1.165, 1.54) is 0 Å². The summed E-state index contributed by atoms with van der Waals surface area (Å²) in [4.78, 5) is 0. The summed E-state index contributed by atoms with van der Waals surface area (Å²) < 4.78 is 12.2. The van der Waals surface area contributed by atoms with Crippen LogP contribution in [0.3, 0.4) is 0 Å². The number of hydrogen-bond acceptors (Lipinski definition) is 6. The Morgan fingerprint density at radius 1 is 1.21 bits per heavy atom. The van der Waals surface area contributed by atoms with Gasteiger partial charge in [-0.2, -0.15) is 0 Å². The monoisotopic (exact) mass is 263 g/mol. The molecule has 1 heterocycles. The number of aromatic nitrogens is 4. The number of nitrogens with one attached hydrogen (secondary N) is 1. The molecule has 7 nitrogen and oxygen atoms in total. The van der Waals surface area contributed by atoms with E-state index in [0.29, 0.717) is 24.0 Å². The first-order valence-corrected chi connectivity index (χ1v) is 5.99. The van der Waals surface area contributed by atoms with Crippen LogP contribution in [0.2, 0.25) is 0 Å². The second kappa shape index (κ2) is 6.03. The number of tetrazole rings is 1. The van der Waals surface area contributed by atoms with E-state index < -0.39 is 0 Å². The van der Waals surface area contributed by atoms with Crippen LogP contribution in [0.1, 0.15) is 12.5 Å². The summed E-state index contributed by atoms with van der Waals surface area (Å²) in [6.07, 6.45) is 0. The largest absolute Gasteiger partial charge is 0.493 e. The predicted molar refractivity (Wildman–Crippen MR) is 70.4 cm³/mol. The van der Waals surface area contributed by atoms with E-state index >= 15 is 0 Å². The van der Waals surface area contributed by atoms with Gasteiger partial charge in [0.25, 0.3) is 0 Å². The number of hydrogen-bond donors (Lipinski definition) is 1. The van der Waals surface area contributed by atoms with E-state index in [1.807, 2.05) is 25.1 Å². The molecule has 0 aliphatic carbocycles. The number of ether oxygens (including phenoxy) is 2. The van der Waals surface area contributed by atoms with Crippen LogP contribution in [0.5, 0.6) is 11.5 Å². The fraction of sp³-hybridized carbons (Fsp3) is 0.417. The molecule has 1 aromatic carbocycles. The molecule has 2 rings (SSSR count). The third kappa shape index (κ3) is 2.93. The predicted octanol–water partition coefficient (Wildman–Crippen LogP) is 1.32. The highest BCUT2D eigenvalue weighted by molar-refractivity contribution is 5.43. The quantitative estimate of drug-likeness (QED) is 0.847. The van der Waals surface area contributed by atoms with Crippen molar-refractivity contribution in [1.82, 2.24) is 20.2 Å². The van der Waals surface area contributed by atoms with Gasteiger partial charge in [0.05, 0.1) is 14.2 Å². The number of rotatable bonds is 6. The molecule has 0 radical (unpaired) electrons. The Morgan fingerprint density at radius 2 is 2.00 bits per heavy atom. The molecule has 0 saturated carbocycles. The molecule has 102 valence electrons. The van der Waals surface area contributed by atoms with Gasteiger partial charge in [-0.1, -0.05) is 11.2 Å². The van der Waals surface area contributed by atoms with E-state index in [-0.39, 0.29) is 0 Å². The van der Waals surface area contributed by atoms with Gasteiger partial charge in [0.1, 0.15) is 0 Å². The summed E-state index contributed by atoms with van der Waals surface area (Å²) in [6.45, 7) is 3.32. The van der Waals surface area contributed by atoms with E-state index in [2.05, 4.69) is 20.8 Å². The molecule has 0 aliphatic heterocycles. The summed E-state index contributed by atoms with van der Waals surface area (Å²) in [7, 11) is 3.23. The third-order valence-electron chi connectivity index (χ3n) is 2.73. The fourth-order valence-corrected chi connectivity index (χ4v) is 1.72. The van der Waals surface area contributed by atoms with Crippen LogP contribution < -0.4 is 14.8 Å². The number of nitrogens with zero attached hydrogens (tertiary/aromatic N) is 4. The van der Waals surface area contributed by atoms with Crippen LogP contribution in [0.15, 0.2) is 18.2 Å². The number of anilines is 1. The van der Waals surface area contributed by atoms with Crippen molar-refractivity contribution < 1.29 is 9.47 Å². The van der Waals surface area contributed by atoms with Crippen LogP contribution >= 0.6 is 0 Å². The molecule has 0 spiro atoms. The van der Waals surface area contributed by atoms with Gasteiger partial charge in [-0.3, -0.25) is 0 Å². The van der Waals surface area contributed by atoms with Crippen LogP contribution in [0.25, 0.3) is 0 Å². The molecular weight excluding hydrogens is 246 g/mol. The van der Waals surface area contributed by atoms with Gasteiger partial charge in [-0.25, -0.2) is 4.68 Å². The summed E-state index contributed by atoms with van der Waals surface area (Å²) in [6, 6.07) is 5.76. The fourth-order valence-electron chi connectivity index (χ4n) is 1.72. The summed E-state index contributed by atoms with van der Waals surface area (Å²) in [5, 5.41) is 14.6. The lowest BCUT2D eigenvalue weighted by atomic mass is 10.2. The molecule has 1 aromatic heterocycles. The van der Waals surface area contributed by atoms with E-state index in [0.717, 1.165) is 12.1 Å². The SMILES string of the molecule is CCn1nnnc1NCc1ccc(OC)c(OC)c1. The number of methoxy groups -OCH3 is 2. The Bertz CT molecular complexity index is 541. The van der Waals surface area contributed by atoms with Crippen molar-refractivity contribution in [2.45, 2.75) is 20.0 Å². The molecular formula is C12H17N5O2. The van der Waals surface area contributed by atoms with Crippen molar-refractivity contribution in [3.05, 3.63) is 23.8 Å². The molecule has 0 unspecified atom stereocenters. The third-order valence-corrected chi connectivity index (χ3v) is 2.73. The zero-order valence-electron chi connectivity index (χ0n) is 11.3. The van der Waals surface area contributed by atoms with Gasteiger partial charge < -0.3 is 14.8 Å². The van der Waals surface area contributed by atoms with Crippen molar-refractivity contribution in [3.63, 3.8) is 0 Å². The Hall–Kier alpha value is -2.31. The zero-order valence-corrected chi connectivity index (χ0v) is 11.3. The second-order valence-corrected chi connectivity index (χ2v) is 3.86. The average molecular weight is 263 g/mol. The Morgan fingerprint density at radius 3 is 2.68 bits per heavy atom. The van der Waals surface area contributed by atoms with Crippen molar-refractivity contribution in [3.8, 4) is 11.5 Å². The average Bonchev–Trinajstić information content (AvgIpc) is 2.92. The maximum absolute atomic E-state index is 5.26. The van der Waals surface area contributed by atoms with Gasteiger partial charge in [-0.15, -0.1) is 0 Å². The molecule has 0 amide bonds. The maximum atomic E-state index is 5.26. The highest BCUT2D eigenvalue weighted by atomic mass is 16.5. The second-order valence-electron chi connectivity index (χ2n) is 3.86. The molecule has 0 aliphatic rings.